The van der Waals surface area contributed by atoms with Crippen molar-refractivity contribution in [3.63, 3.8) is 0 Å². The van der Waals surface area contributed by atoms with E-state index in [-0.39, 0.29) is 5.82 Å². The number of esters is 1. The highest BCUT2D eigenvalue weighted by atomic mass is 19.1. The molecule has 24 heavy (non-hydrogen) atoms. The number of halogens is 1. The van der Waals surface area contributed by atoms with Crippen molar-refractivity contribution in [3.8, 4) is 0 Å². The molecule has 132 valence electrons. The molecular formula is C18H25FN2O3. The van der Waals surface area contributed by atoms with E-state index in [1.165, 1.54) is 13.2 Å². The largest absolute Gasteiger partial charge is 0.468 e. The van der Waals surface area contributed by atoms with Crippen LogP contribution >= 0.6 is 0 Å². The minimum Gasteiger partial charge on any atom is -0.468 e. The van der Waals surface area contributed by atoms with Gasteiger partial charge in [-0.3, -0.25) is 9.80 Å². The third-order valence-electron chi connectivity index (χ3n) is 4.93. The van der Waals surface area contributed by atoms with E-state index in [1.807, 2.05) is 0 Å². The molecule has 5 nitrogen and oxygen atoms in total. The molecule has 1 aromatic carbocycles. The molecule has 6 heteroatoms. The van der Waals surface area contributed by atoms with E-state index in [0.717, 1.165) is 52.4 Å². The lowest BCUT2D eigenvalue weighted by Crippen LogP contribution is -2.40. The van der Waals surface area contributed by atoms with Crippen LogP contribution in [0.1, 0.15) is 18.0 Å². The maximum Gasteiger partial charge on any atom is 0.327 e. The van der Waals surface area contributed by atoms with Gasteiger partial charge >= 0.3 is 5.97 Å². The molecular weight excluding hydrogens is 311 g/mol. The number of carbonyl (C=O) groups is 1. The van der Waals surface area contributed by atoms with E-state index in [9.17, 15) is 9.18 Å². The van der Waals surface area contributed by atoms with Crippen LogP contribution in [0.15, 0.2) is 24.3 Å². The minimum absolute atomic E-state index is 0.357. The van der Waals surface area contributed by atoms with Gasteiger partial charge in [-0.15, -0.1) is 0 Å². The summed E-state index contributed by atoms with van der Waals surface area (Å²) in [5.41, 5.74) is 0.399. The van der Waals surface area contributed by atoms with Crippen molar-refractivity contribution in [2.45, 2.75) is 12.5 Å². The van der Waals surface area contributed by atoms with Crippen LogP contribution in [-0.4, -0.2) is 68.8 Å². The lowest BCUT2D eigenvalue weighted by molar-refractivity contribution is -0.147. The molecule has 0 spiro atoms. The molecule has 0 N–H and O–H groups in total. The normalized spacial score (nSPS) is 24.0. The Morgan fingerprint density at radius 1 is 1.33 bits per heavy atom. The zero-order valence-corrected chi connectivity index (χ0v) is 14.1. The number of hydrogen-bond donors (Lipinski definition) is 0. The summed E-state index contributed by atoms with van der Waals surface area (Å²) in [6, 6.07) is 5.80. The Morgan fingerprint density at radius 3 is 2.79 bits per heavy atom. The van der Waals surface area contributed by atoms with Gasteiger partial charge in [0.25, 0.3) is 0 Å². The predicted molar refractivity (Wildman–Crippen MR) is 88.1 cm³/mol. The van der Waals surface area contributed by atoms with Crippen molar-refractivity contribution < 1.29 is 18.7 Å². The predicted octanol–water partition coefficient (Wildman–Crippen LogP) is 1.69. The summed E-state index contributed by atoms with van der Waals surface area (Å²) >= 11 is 0. The first-order chi connectivity index (χ1) is 11.7. The van der Waals surface area contributed by atoms with Gasteiger partial charge in [0.05, 0.1) is 20.3 Å². The fourth-order valence-corrected chi connectivity index (χ4v) is 3.68. The van der Waals surface area contributed by atoms with Crippen molar-refractivity contribution in [1.82, 2.24) is 9.80 Å². The van der Waals surface area contributed by atoms with E-state index < -0.39 is 12.0 Å². The Morgan fingerprint density at radius 2 is 2.08 bits per heavy atom. The maximum absolute atomic E-state index is 14.2. The molecule has 1 aromatic rings. The highest BCUT2D eigenvalue weighted by Crippen LogP contribution is 2.30. The summed E-state index contributed by atoms with van der Waals surface area (Å²) in [6.07, 6.45) is 1.01. The molecule has 0 radical (unpaired) electrons. The smallest absolute Gasteiger partial charge is 0.327 e. The summed E-state index contributed by atoms with van der Waals surface area (Å²) in [5, 5.41) is 0. The standard InChI is InChI=1S/C18H25FN2O3/c1-23-18(22)17(15-4-2-3-5-16(15)19)21-7-6-14(13-21)12-20-8-10-24-11-9-20/h2-5,14,17H,6-13H2,1H3. The molecule has 0 bridgehead atoms. The molecule has 2 unspecified atom stereocenters. The average Bonchev–Trinajstić information content (AvgIpc) is 3.05. The number of nitrogens with zero attached hydrogens (tertiary/aromatic N) is 2. The van der Waals surface area contributed by atoms with Crippen LogP contribution in [0.2, 0.25) is 0 Å². The topological polar surface area (TPSA) is 42.0 Å². The highest BCUT2D eigenvalue weighted by molar-refractivity contribution is 5.77. The van der Waals surface area contributed by atoms with Crippen LogP contribution in [-0.2, 0) is 14.3 Å². The summed E-state index contributed by atoms with van der Waals surface area (Å²) in [7, 11) is 1.36. The van der Waals surface area contributed by atoms with E-state index in [1.54, 1.807) is 18.2 Å². The van der Waals surface area contributed by atoms with Gasteiger partial charge in [0.1, 0.15) is 11.9 Å². The number of ether oxygens (including phenoxy) is 2. The van der Waals surface area contributed by atoms with E-state index in [0.29, 0.717) is 11.5 Å². The Bertz CT molecular complexity index is 563. The third kappa shape index (κ3) is 3.94. The first-order valence-corrected chi connectivity index (χ1v) is 8.55. The van der Waals surface area contributed by atoms with Crippen LogP contribution in [0.3, 0.4) is 0 Å². The van der Waals surface area contributed by atoms with Crippen molar-refractivity contribution >= 4 is 5.97 Å². The maximum atomic E-state index is 14.2. The third-order valence-corrected chi connectivity index (χ3v) is 4.93. The fraction of sp³-hybridized carbons (Fsp3) is 0.611. The summed E-state index contributed by atoms with van der Waals surface area (Å²) in [4.78, 5) is 16.8. The van der Waals surface area contributed by atoms with Crippen molar-refractivity contribution in [3.05, 3.63) is 35.6 Å². The monoisotopic (exact) mass is 336 g/mol. The van der Waals surface area contributed by atoms with Gasteiger partial charge in [0, 0.05) is 31.7 Å². The van der Waals surface area contributed by atoms with Crippen LogP contribution in [0.4, 0.5) is 4.39 Å². The van der Waals surface area contributed by atoms with E-state index >= 15 is 0 Å². The second-order valence-corrected chi connectivity index (χ2v) is 6.51. The van der Waals surface area contributed by atoms with E-state index in [2.05, 4.69) is 9.80 Å². The van der Waals surface area contributed by atoms with Crippen molar-refractivity contribution in [2.75, 3.05) is 53.0 Å². The van der Waals surface area contributed by atoms with Gasteiger partial charge < -0.3 is 9.47 Å². The van der Waals surface area contributed by atoms with Gasteiger partial charge in [-0.25, -0.2) is 9.18 Å². The Balaban J connectivity index is 1.68. The van der Waals surface area contributed by atoms with Crippen molar-refractivity contribution in [1.29, 1.82) is 0 Å². The molecule has 0 aliphatic carbocycles. The van der Waals surface area contributed by atoms with Crippen LogP contribution in [0, 0.1) is 11.7 Å². The number of benzene rings is 1. The van der Waals surface area contributed by atoms with Gasteiger partial charge in [-0.1, -0.05) is 18.2 Å². The summed E-state index contributed by atoms with van der Waals surface area (Å²) in [5.74, 6) is -0.265. The first kappa shape index (κ1) is 17.3. The molecule has 2 saturated heterocycles. The van der Waals surface area contributed by atoms with E-state index in [4.69, 9.17) is 9.47 Å². The molecule has 2 aliphatic heterocycles. The number of hydrogen-bond acceptors (Lipinski definition) is 5. The average molecular weight is 336 g/mol. The van der Waals surface area contributed by atoms with Gasteiger partial charge in [0.15, 0.2) is 0 Å². The Hall–Kier alpha value is -1.50. The Kier molecular flexibility index (Phi) is 5.81. The number of morpholine rings is 1. The minimum atomic E-state index is -0.661. The zero-order valence-electron chi connectivity index (χ0n) is 14.1. The first-order valence-electron chi connectivity index (χ1n) is 8.55. The second-order valence-electron chi connectivity index (χ2n) is 6.51. The highest BCUT2D eigenvalue weighted by Gasteiger charge is 2.36. The van der Waals surface area contributed by atoms with Crippen LogP contribution < -0.4 is 0 Å². The molecule has 2 aliphatic rings. The van der Waals surface area contributed by atoms with Crippen LogP contribution in [0.25, 0.3) is 0 Å². The zero-order chi connectivity index (χ0) is 16.9. The molecule has 2 fully saturated rings. The number of rotatable bonds is 5. The fourth-order valence-electron chi connectivity index (χ4n) is 3.68. The molecule has 2 atom stereocenters. The summed E-state index contributed by atoms with van der Waals surface area (Å²) < 4.78 is 24.5. The number of methoxy groups -OCH3 is 1. The second kappa shape index (κ2) is 8.05. The number of carbonyl (C=O) groups excluding carboxylic acids is 1. The van der Waals surface area contributed by atoms with Gasteiger partial charge in [-0.05, 0) is 24.9 Å². The molecule has 3 rings (SSSR count). The van der Waals surface area contributed by atoms with Crippen molar-refractivity contribution in [2.24, 2.45) is 5.92 Å². The quantitative estimate of drug-likeness (QED) is 0.766. The Labute approximate surface area is 142 Å². The summed E-state index contributed by atoms with van der Waals surface area (Å²) in [6.45, 7) is 6.07. The molecule has 0 aromatic heterocycles. The molecule has 2 heterocycles. The SMILES string of the molecule is COC(=O)C(c1ccccc1F)N1CCC(CN2CCOCC2)C1. The lowest BCUT2D eigenvalue weighted by Gasteiger charge is -2.30. The molecule has 0 amide bonds. The lowest BCUT2D eigenvalue weighted by atomic mass is 10.0. The number of likely N-dealkylation sites (tertiary alicyclic amines) is 1. The molecule has 0 saturated carbocycles. The van der Waals surface area contributed by atoms with Crippen LogP contribution in [0.5, 0.6) is 0 Å². The van der Waals surface area contributed by atoms with Gasteiger partial charge in [0.2, 0.25) is 0 Å². The van der Waals surface area contributed by atoms with Gasteiger partial charge in [-0.2, -0.15) is 0 Å².